The number of alkyl halides is 3. The molecule has 0 amide bonds. The van der Waals surface area contributed by atoms with E-state index in [1.54, 1.807) is 18.0 Å². The van der Waals surface area contributed by atoms with E-state index in [1.807, 2.05) is 38.1 Å². The number of nitrogens with zero attached hydrogens (tertiary/aromatic N) is 7. The lowest BCUT2D eigenvalue weighted by molar-refractivity contribution is -0.140. The molecule has 0 N–H and O–H groups in total. The lowest BCUT2D eigenvalue weighted by Gasteiger charge is -2.38. The van der Waals surface area contributed by atoms with Gasteiger partial charge in [0, 0.05) is 41.5 Å². The number of aryl methyl sites for hydroxylation is 1. The van der Waals surface area contributed by atoms with Gasteiger partial charge in [-0.3, -0.25) is 0 Å². The highest BCUT2D eigenvalue weighted by molar-refractivity contribution is 5.69. The van der Waals surface area contributed by atoms with E-state index in [-0.39, 0.29) is 12.1 Å². The van der Waals surface area contributed by atoms with Gasteiger partial charge in [-0.1, -0.05) is 24.3 Å². The van der Waals surface area contributed by atoms with Crippen molar-refractivity contribution in [3.63, 3.8) is 0 Å². The summed E-state index contributed by atoms with van der Waals surface area (Å²) in [5.41, 5.74) is 4.64. The van der Waals surface area contributed by atoms with E-state index in [9.17, 15) is 13.2 Å². The van der Waals surface area contributed by atoms with Crippen LogP contribution in [0.25, 0.3) is 22.8 Å². The molecule has 2 fully saturated rings. The summed E-state index contributed by atoms with van der Waals surface area (Å²) in [6.45, 7) is 5.34. The molecule has 1 unspecified atom stereocenters. The highest BCUT2D eigenvalue weighted by Gasteiger charge is 2.36. The number of ether oxygens (including phenoxy) is 2. The Hall–Kier alpha value is -4.06. The lowest BCUT2D eigenvalue weighted by Crippen LogP contribution is -2.41. The van der Waals surface area contributed by atoms with Crippen molar-refractivity contribution >= 4 is 5.82 Å². The Morgan fingerprint density at radius 2 is 1.78 bits per heavy atom. The minimum Gasteiger partial charge on any atom is -0.480 e. The summed E-state index contributed by atoms with van der Waals surface area (Å²) in [7, 11) is 1.61. The van der Waals surface area contributed by atoms with Gasteiger partial charge >= 0.3 is 6.18 Å². The molecule has 1 atom stereocenters. The Balaban J connectivity index is 1.28. The van der Waals surface area contributed by atoms with Crippen LogP contribution in [0, 0.1) is 0 Å². The van der Waals surface area contributed by atoms with Gasteiger partial charge in [-0.25, -0.2) is 24.9 Å². The monoisotopic (exact) mass is 619 g/mol. The number of methoxy groups -OCH3 is 1. The Morgan fingerprint density at radius 1 is 1.00 bits per heavy atom. The highest BCUT2D eigenvalue weighted by atomic mass is 19.4. The van der Waals surface area contributed by atoms with E-state index in [0.29, 0.717) is 48.8 Å². The zero-order chi connectivity index (χ0) is 31.3. The molecular formula is C33H36F3N7O2. The van der Waals surface area contributed by atoms with E-state index in [0.717, 1.165) is 78.6 Å². The number of fused-ring (bicyclic) bond motifs is 1. The third-order valence-corrected chi connectivity index (χ3v) is 8.92. The van der Waals surface area contributed by atoms with Gasteiger partial charge in [0.05, 0.1) is 32.1 Å². The van der Waals surface area contributed by atoms with Crippen LogP contribution in [0.5, 0.6) is 5.88 Å². The summed E-state index contributed by atoms with van der Waals surface area (Å²) in [5, 5.41) is 0. The van der Waals surface area contributed by atoms with Crippen LogP contribution in [0.1, 0.15) is 85.7 Å². The maximum Gasteiger partial charge on any atom is 0.434 e. The second kappa shape index (κ2) is 11.7. The normalized spacial score (nSPS) is 18.7. The van der Waals surface area contributed by atoms with Crippen LogP contribution in [-0.4, -0.2) is 56.4 Å². The molecule has 12 heteroatoms. The molecule has 3 aromatic heterocycles. The molecule has 1 saturated heterocycles. The van der Waals surface area contributed by atoms with Gasteiger partial charge in [0.1, 0.15) is 23.5 Å². The molecule has 7 rings (SSSR count). The molecule has 0 bridgehead atoms. The summed E-state index contributed by atoms with van der Waals surface area (Å²) in [6, 6.07) is 7.29. The number of imidazole rings is 1. The standard InChI is InChI=1S/C33H36F3N7O2/c1-19(2)43-16-26(33(34,35)36)40-30(43)22-12-8-20(9-13-22)25-17-45-15-14-42(25)31-23-6-4-5-7-24(23)39-29(41-31)27-28(21-10-11-21)37-18-38-32(27)44-3/h8-9,12-13,16,18-19,21,25H,4-7,10-11,14-15,17H2,1-3H3. The van der Waals surface area contributed by atoms with Crippen molar-refractivity contribution in [3.05, 3.63) is 65.0 Å². The fraction of sp³-hybridized carbons (Fsp3) is 0.485. The van der Waals surface area contributed by atoms with Crippen molar-refractivity contribution in [3.8, 4) is 28.7 Å². The molecule has 9 nitrogen and oxygen atoms in total. The first kappa shape index (κ1) is 29.6. The predicted molar refractivity (Wildman–Crippen MR) is 162 cm³/mol. The fourth-order valence-corrected chi connectivity index (χ4v) is 6.46. The van der Waals surface area contributed by atoms with Crippen molar-refractivity contribution < 1.29 is 22.6 Å². The van der Waals surface area contributed by atoms with Gasteiger partial charge in [-0.15, -0.1) is 0 Å². The van der Waals surface area contributed by atoms with E-state index in [2.05, 4.69) is 19.9 Å². The maximum absolute atomic E-state index is 13.5. The minimum atomic E-state index is -4.51. The summed E-state index contributed by atoms with van der Waals surface area (Å²) in [4.78, 5) is 25.6. The zero-order valence-electron chi connectivity index (χ0n) is 25.6. The quantitative estimate of drug-likeness (QED) is 0.225. The van der Waals surface area contributed by atoms with Crippen molar-refractivity contribution in [2.45, 2.75) is 76.6 Å². The minimum absolute atomic E-state index is 0.144. The van der Waals surface area contributed by atoms with E-state index < -0.39 is 11.9 Å². The Labute approximate surface area is 259 Å². The van der Waals surface area contributed by atoms with Gasteiger partial charge in [0.15, 0.2) is 11.5 Å². The molecule has 3 aliphatic rings. The van der Waals surface area contributed by atoms with E-state index in [4.69, 9.17) is 19.4 Å². The maximum atomic E-state index is 13.5. The zero-order valence-corrected chi connectivity index (χ0v) is 25.6. The van der Waals surface area contributed by atoms with Crippen LogP contribution in [0.4, 0.5) is 19.0 Å². The number of halogens is 3. The molecule has 4 aromatic rings. The summed E-state index contributed by atoms with van der Waals surface area (Å²) in [5.74, 6) is 2.61. The predicted octanol–water partition coefficient (Wildman–Crippen LogP) is 6.74. The largest absolute Gasteiger partial charge is 0.480 e. The van der Waals surface area contributed by atoms with E-state index in [1.165, 1.54) is 0 Å². The van der Waals surface area contributed by atoms with Crippen LogP contribution < -0.4 is 9.64 Å². The van der Waals surface area contributed by atoms with Crippen LogP contribution in [0.3, 0.4) is 0 Å². The molecule has 1 aromatic carbocycles. The molecule has 4 heterocycles. The van der Waals surface area contributed by atoms with Gasteiger partial charge in [-0.2, -0.15) is 13.2 Å². The Morgan fingerprint density at radius 3 is 2.49 bits per heavy atom. The molecule has 1 aliphatic heterocycles. The van der Waals surface area contributed by atoms with Crippen molar-refractivity contribution in [2.24, 2.45) is 0 Å². The van der Waals surface area contributed by atoms with E-state index >= 15 is 0 Å². The van der Waals surface area contributed by atoms with Gasteiger partial charge in [0.25, 0.3) is 0 Å². The summed E-state index contributed by atoms with van der Waals surface area (Å²) in [6.07, 6.45) is 4.17. The molecular weight excluding hydrogens is 583 g/mol. The van der Waals surface area contributed by atoms with Crippen LogP contribution in [0.2, 0.25) is 0 Å². The second-order valence-corrected chi connectivity index (χ2v) is 12.3. The number of rotatable bonds is 7. The van der Waals surface area contributed by atoms with Crippen molar-refractivity contribution in [1.82, 2.24) is 29.5 Å². The SMILES string of the molecule is COc1ncnc(C2CC2)c1-c1nc2c(c(N3CCOCC3c3ccc(-c4nc(C(F)(F)F)cn4C(C)C)cc3)n1)CCCC2. The molecule has 45 heavy (non-hydrogen) atoms. The molecule has 236 valence electrons. The van der Waals surface area contributed by atoms with Crippen molar-refractivity contribution in [1.29, 1.82) is 0 Å². The van der Waals surface area contributed by atoms with Gasteiger partial charge < -0.3 is 18.9 Å². The average Bonchev–Trinajstić information content (AvgIpc) is 3.79. The first-order valence-corrected chi connectivity index (χ1v) is 15.6. The number of aromatic nitrogens is 6. The summed E-state index contributed by atoms with van der Waals surface area (Å²) < 4.78 is 53.8. The van der Waals surface area contributed by atoms with Gasteiger partial charge in [0.2, 0.25) is 5.88 Å². The lowest BCUT2D eigenvalue weighted by atomic mass is 9.94. The molecule has 0 radical (unpaired) electrons. The smallest absolute Gasteiger partial charge is 0.434 e. The number of hydrogen-bond acceptors (Lipinski definition) is 8. The topological polar surface area (TPSA) is 91.1 Å². The van der Waals surface area contributed by atoms with Crippen LogP contribution in [0.15, 0.2) is 36.8 Å². The fourth-order valence-electron chi connectivity index (χ4n) is 6.46. The molecule has 1 saturated carbocycles. The number of benzene rings is 1. The van der Waals surface area contributed by atoms with Crippen LogP contribution in [-0.2, 0) is 23.8 Å². The third-order valence-electron chi connectivity index (χ3n) is 8.92. The van der Waals surface area contributed by atoms with Crippen LogP contribution >= 0.6 is 0 Å². The number of hydrogen-bond donors (Lipinski definition) is 0. The Bertz CT molecular complexity index is 1700. The number of morpholine rings is 1. The first-order valence-electron chi connectivity index (χ1n) is 15.6. The third kappa shape index (κ3) is 5.64. The van der Waals surface area contributed by atoms with Crippen molar-refractivity contribution in [2.75, 3.05) is 31.8 Å². The first-order chi connectivity index (χ1) is 21.7. The highest BCUT2D eigenvalue weighted by Crippen LogP contribution is 2.46. The molecule has 0 spiro atoms. The molecule has 2 aliphatic carbocycles. The van der Waals surface area contributed by atoms with Gasteiger partial charge in [-0.05, 0) is 57.9 Å². The summed E-state index contributed by atoms with van der Waals surface area (Å²) >= 11 is 0. The second-order valence-electron chi connectivity index (χ2n) is 12.3. The number of anilines is 1. The Kier molecular flexibility index (Phi) is 7.71. The average molecular weight is 620 g/mol.